The van der Waals surface area contributed by atoms with Gasteiger partial charge in [-0.3, -0.25) is 28.8 Å². The highest BCUT2D eigenvalue weighted by Crippen LogP contribution is 2.21. The number of carbonyl (C=O) groups is 6. The minimum Gasteiger partial charge on any atom is -0.508 e. The van der Waals surface area contributed by atoms with Gasteiger partial charge in [-0.25, -0.2) is 0 Å². The molecule has 16 heteroatoms. The number of phenols is 1. The Morgan fingerprint density at radius 2 is 1.15 bits per heavy atom. The van der Waals surface area contributed by atoms with Crippen molar-refractivity contribution in [3.05, 3.63) is 102 Å². The summed E-state index contributed by atoms with van der Waals surface area (Å²) in [6.45, 7) is 2.81. The molecule has 5 atom stereocenters. The van der Waals surface area contributed by atoms with E-state index < -0.39 is 72.3 Å². The molecule has 0 aliphatic rings. The van der Waals surface area contributed by atoms with E-state index in [1.165, 1.54) is 26.1 Å². The Morgan fingerprint density at radius 1 is 0.678 bits per heavy atom. The first-order valence-corrected chi connectivity index (χ1v) is 19.6. The fourth-order valence-electron chi connectivity index (χ4n) is 6.87. The van der Waals surface area contributed by atoms with Crippen molar-refractivity contribution in [3.8, 4) is 5.75 Å². The Balaban J connectivity index is 1.43. The fourth-order valence-corrected chi connectivity index (χ4v) is 6.87. The van der Waals surface area contributed by atoms with Gasteiger partial charge in [-0.05, 0) is 54.3 Å². The quantitative estimate of drug-likeness (QED) is 0.0559. The van der Waals surface area contributed by atoms with Gasteiger partial charge in [-0.2, -0.15) is 0 Å². The molecule has 5 aromatic rings. The normalized spacial score (nSPS) is 13.8. The Morgan fingerprint density at radius 3 is 1.66 bits per heavy atom. The molecule has 2 aromatic heterocycles. The van der Waals surface area contributed by atoms with Crippen LogP contribution in [0.4, 0.5) is 0 Å². The number of carbonyl (C=O) groups excluding carboxylic acids is 5. The van der Waals surface area contributed by atoms with Crippen molar-refractivity contribution in [3.63, 3.8) is 0 Å². The van der Waals surface area contributed by atoms with Crippen LogP contribution in [-0.4, -0.2) is 104 Å². The summed E-state index contributed by atoms with van der Waals surface area (Å²) in [6, 6.07) is 15.3. The van der Waals surface area contributed by atoms with Crippen LogP contribution in [0.2, 0.25) is 0 Å². The van der Waals surface area contributed by atoms with E-state index in [1.807, 2.05) is 55.5 Å². The molecule has 3 aromatic carbocycles. The average Bonchev–Trinajstić information content (AvgIpc) is 3.82. The predicted molar refractivity (Wildman–Crippen MR) is 222 cm³/mol. The minimum absolute atomic E-state index is 0.00418. The second-order valence-electron chi connectivity index (χ2n) is 14.8. The molecule has 312 valence electrons. The maximum Gasteiger partial charge on any atom is 0.323 e. The number of likely N-dealkylation sites (N-methyl/N-ethyl adjacent to an activating group) is 1. The Bertz CT molecular complexity index is 2270. The van der Waals surface area contributed by atoms with E-state index in [2.05, 4.69) is 31.2 Å². The van der Waals surface area contributed by atoms with Gasteiger partial charge in [0.15, 0.2) is 0 Å². The second kappa shape index (κ2) is 20.1. The van der Waals surface area contributed by atoms with Crippen molar-refractivity contribution in [1.82, 2.24) is 36.1 Å². The molecule has 0 unspecified atom stereocenters. The monoisotopic (exact) mass is 808 g/mol. The number of aromatic amines is 2. The Kier molecular flexibility index (Phi) is 14.8. The number of hydrogen-bond acceptors (Lipinski definition) is 8. The molecule has 0 aliphatic carbocycles. The highest BCUT2D eigenvalue weighted by molar-refractivity contribution is 5.97. The lowest BCUT2D eigenvalue weighted by Gasteiger charge is -2.28. The molecule has 10 N–H and O–H groups in total. The standard InChI is InChI=1S/C43H52N8O8/c1-4-5-12-34(47-41(57)35(48-39(55)25(2)44)20-27-22-45-32-13-8-6-10-30(27)32)40(56)49-36(21-28-23-46-33-14-9-7-11-31(28)33)42(58)50-37(43(59)51(3)24-38(53)54)19-26-15-17-29(52)18-16-26/h6-11,13-18,22-23,25,34-37,45-46,52H,4-5,12,19-21,24,44H2,1-3H3,(H,47,57)(H,48,55)(H,49,56)(H,50,58)(H,53,54)/t25-,34-,35-,36-,37+/m0/s1. The zero-order valence-electron chi connectivity index (χ0n) is 33.3. The summed E-state index contributed by atoms with van der Waals surface area (Å²) in [4.78, 5) is 88.1. The van der Waals surface area contributed by atoms with Crippen molar-refractivity contribution >= 4 is 57.3 Å². The largest absolute Gasteiger partial charge is 0.508 e. The van der Waals surface area contributed by atoms with Crippen molar-refractivity contribution in [2.75, 3.05) is 13.6 Å². The van der Waals surface area contributed by atoms with Crippen LogP contribution in [0.3, 0.4) is 0 Å². The number of carboxylic acids is 1. The summed E-state index contributed by atoms with van der Waals surface area (Å²) in [5, 5.41) is 32.0. The summed E-state index contributed by atoms with van der Waals surface area (Å²) >= 11 is 0. The number of rotatable bonds is 20. The lowest BCUT2D eigenvalue weighted by molar-refractivity contribution is -0.145. The van der Waals surface area contributed by atoms with Gasteiger partial charge < -0.3 is 52.1 Å². The highest BCUT2D eigenvalue weighted by Gasteiger charge is 2.33. The van der Waals surface area contributed by atoms with Gasteiger partial charge in [0.2, 0.25) is 29.5 Å². The van der Waals surface area contributed by atoms with Crippen LogP contribution < -0.4 is 27.0 Å². The number of nitrogens with zero attached hydrogens (tertiary/aromatic N) is 1. The average molecular weight is 809 g/mol. The molecule has 0 saturated carbocycles. The van der Waals surface area contributed by atoms with E-state index in [4.69, 9.17) is 5.73 Å². The number of amides is 5. The van der Waals surface area contributed by atoms with Crippen LogP contribution in [0.15, 0.2) is 85.2 Å². The number of aliphatic carboxylic acids is 1. The summed E-state index contributed by atoms with van der Waals surface area (Å²) in [5.74, 6) is -4.52. The van der Waals surface area contributed by atoms with Gasteiger partial charge in [0.1, 0.15) is 36.5 Å². The van der Waals surface area contributed by atoms with Gasteiger partial charge in [-0.15, -0.1) is 0 Å². The summed E-state index contributed by atoms with van der Waals surface area (Å²) in [7, 11) is 1.31. The fraction of sp³-hybridized carbons (Fsp3) is 0.349. The number of para-hydroxylation sites is 2. The zero-order valence-corrected chi connectivity index (χ0v) is 33.3. The minimum atomic E-state index is -1.28. The van der Waals surface area contributed by atoms with Crippen LogP contribution in [0, 0.1) is 0 Å². The molecule has 16 nitrogen and oxygen atoms in total. The van der Waals surface area contributed by atoms with Crippen LogP contribution in [-0.2, 0) is 48.0 Å². The van der Waals surface area contributed by atoms with Crippen molar-refractivity contribution in [1.29, 1.82) is 0 Å². The molecule has 2 heterocycles. The third kappa shape index (κ3) is 11.7. The van der Waals surface area contributed by atoms with Gasteiger partial charge in [-0.1, -0.05) is 68.3 Å². The number of nitrogens with two attached hydrogens (primary N) is 1. The van der Waals surface area contributed by atoms with Crippen LogP contribution >= 0.6 is 0 Å². The van der Waals surface area contributed by atoms with Crippen molar-refractivity contribution in [2.45, 2.75) is 82.6 Å². The van der Waals surface area contributed by atoms with E-state index in [0.29, 0.717) is 24.0 Å². The lowest BCUT2D eigenvalue weighted by atomic mass is 10.0. The molecule has 5 amide bonds. The summed E-state index contributed by atoms with van der Waals surface area (Å²) in [5.41, 5.74) is 9.54. The third-order valence-corrected chi connectivity index (χ3v) is 10.1. The summed E-state index contributed by atoms with van der Waals surface area (Å²) < 4.78 is 0. The zero-order chi connectivity index (χ0) is 42.6. The predicted octanol–water partition coefficient (Wildman–Crippen LogP) is 2.40. The molecule has 59 heavy (non-hydrogen) atoms. The van der Waals surface area contributed by atoms with E-state index >= 15 is 0 Å². The van der Waals surface area contributed by atoms with Crippen LogP contribution in [0.1, 0.15) is 49.8 Å². The first kappa shape index (κ1) is 43.4. The smallest absolute Gasteiger partial charge is 0.323 e. The second-order valence-corrected chi connectivity index (χ2v) is 14.8. The third-order valence-electron chi connectivity index (χ3n) is 10.1. The molecule has 0 aliphatic heterocycles. The number of nitrogens with one attached hydrogen (secondary N) is 6. The van der Waals surface area contributed by atoms with Gasteiger partial charge in [0.25, 0.3) is 0 Å². The van der Waals surface area contributed by atoms with Gasteiger partial charge >= 0.3 is 5.97 Å². The number of carboxylic acid groups (broad SMARTS) is 1. The van der Waals surface area contributed by atoms with Crippen LogP contribution in [0.5, 0.6) is 5.75 Å². The molecule has 5 rings (SSSR count). The number of H-pyrrole nitrogens is 2. The van der Waals surface area contributed by atoms with Gasteiger partial charge in [0.05, 0.1) is 6.04 Å². The van der Waals surface area contributed by atoms with Crippen molar-refractivity contribution in [2.24, 2.45) is 5.73 Å². The molecular formula is C43H52N8O8. The number of benzene rings is 3. The van der Waals surface area contributed by atoms with E-state index in [-0.39, 0.29) is 31.4 Å². The molecule has 0 saturated heterocycles. The number of aromatic hydroxyl groups is 1. The maximum absolute atomic E-state index is 14.4. The summed E-state index contributed by atoms with van der Waals surface area (Å²) in [6.07, 6.45) is 4.94. The number of aromatic nitrogens is 2. The van der Waals surface area contributed by atoms with Gasteiger partial charge in [0, 0.05) is 60.5 Å². The first-order chi connectivity index (χ1) is 28.2. The Hall–Kier alpha value is -6.68. The number of fused-ring (bicyclic) bond motifs is 2. The topological polar surface area (TPSA) is 252 Å². The van der Waals surface area contributed by atoms with E-state index in [0.717, 1.165) is 32.3 Å². The molecule has 0 bridgehead atoms. The molecule has 0 radical (unpaired) electrons. The number of unbranched alkanes of at least 4 members (excludes halogenated alkanes) is 1. The Labute approximate surface area is 341 Å². The van der Waals surface area contributed by atoms with E-state index in [9.17, 15) is 39.0 Å². The SMILES string of the molecule is CCCC[C@H](NC(=O)[C@H](Cc1c[nH]c2ccccc12)NC(=O)[C@H](C)N)C(=O)N[C@@H](Cc1c[nH]c2ccccc12)C(=O)N[C@H](Cc1ccc(O)cc1)C(=O)N(C)CC(=O)O. The molecule has 0 spiro atoms. The highest BCUT2D eigenvalue weighted by atomic mass is 16.4. The number of hydrogen-bond donors (Lipinski definition) is 9. The van der Waals surface area contributed by atoms with Crippen molar-refractivity contribution < 1.29 is 39.0 Å². The van der Waals surface area contributed by atoms with E-state index in [1.54, 1.807) is 24.5 Å². The maximum atomic E-state index is 14.4. The molecular weight excluding hydrogens is 757 g/mol. The van der Waals surface area contributed by atoms with Crippen LogP contribution in [0.25, 0.3) is 21.8 Å². The number of phenolic OH excluding ortho intramolecular Hbond substituents is 1. The molecule has 0 fully saturated rings. The lowest BCUT2D eigenvalue weighted by Crippen LogP contribution is -2.59. The first-order valence-electron chi connectivity index (χ1n) is 19.6.